The summed E-state index contributed by atoms with van der Waals surface area (Å²) in [4.78, 5) is 0. The SMILES string of the molecule is CC1(C)C=CC=C2CCC=CC2=C1. The summed E-state index contributed by atoms with van der Waals surface area (Å²) in [6.45, 7) is 4.49. The van der Waals surface area contributed by atoms with Crippen molar-refractivity contribution >= 4 is 0 Å². The summed E-state index contributed by atoms with van der Waals surface area (Å²) in [6, 6.07) is 0. The van der Waals surface area contributed by atoms with Crippen molar-refractivity contribution in [2.45, 2.75) is 26.7 Å². The number of fused-ring (bicyclic) bond motifs is 1. The molecule has 0 bridgehead atoms. The first-order valence-electron chi connectivity index (χ1n) is 4.96. The molecule has 0 unspecified atom stereocenters. The lowest BCUT2D eigenvalue weighted by atomic mass is 9.88. The van der Waals surface area contributed by atoms with Crippen molar-refractivity contribution in [1.82, 2.24) is 0 Å². The first-order chi connectivity index (χ1) is 6.17. The van der Waals surface area contributed by atoms with E-state index in [0.717, 1.165) is 0 Å². The van der Waals surface area contributed by atoms with Crippen LogP contribution >= 0.6 is 0 Å². The van der Waals surface area contributed by atoms with E-state index in [0.29, 0.717) is 0 Å². The maximum atomic E-state index is 2.36. The van der Waals surface area contributed by atoms with Gasteiger partial charge in [-0.15, -0.1) is 0 Å². The van der Waals surface area contributed by atoms with Crippen molar-refractivity contribution in [2.24, 2.45) is 5.41 Å². The maximum absolute atomic E-state index is 2.36. The van der Waals surface area contributed by atoms with Crippen LogP contribution in [0.15, 0.2) is 47.6 Å². The second-order valence-electron chi connectivity index (χ2n) is 4.41. The molecular weight excluding hydrogens is 156 g/mol. The van der Waals surface area contributed by atoms with Crippen LogP contribution in [-0.4, -0.2) is 0 Å². The van der Waals surface area contributed by atoms with E-state index < -0.39 is 0 Å². The fraction of sp³-hybridized carbons (Fsp3) is 0.385. The average molecular weight is 172 g/mol. The summed E-state index contributed by atoms with van der Waals surface area (Å²) < 4.78 is 0. The van der Waals surface area contributed by atoms with E-state index in [9.17, 15) is 0 Å². The molecule has 0 amide bonds. The molecule has 0 aromatic carbocycles. The van der Waals surface area contributed by atoms with Gasteiger partial charge in [0.2, 0.25) is 0 Å². The van der Waals surface area contributed by atoms with Crippen LogP contribution < -0.4 is 0 Å². The zero-order valence-electron chi connectivity index (χ0n) is 8.38. The van der Waals surface area contributed by atoms with E-state index in [1.54, 1.807) is 0 Å². The maximum Gasteiger partial charge on any atom is 0.00166 e. The van der Waals surface area contributed by atoms with Crippen LogP contribution in [0.3, 0.4) is 0 Å². The van der Waals surface area contributed by atoms with Gasteiger partial charge in [-0.1, -0.05) is 50.3 Å². The summed E-state index contributed by atoms with van der Waals surface area (Å²) in [5.74, 6) is 0. The molecule has 0 heteroatoms. The third-order valence-corrected chi connectivity index (χ3v) is 2.60. The topological polar surface area (TPSA) is 0 Å². The molecular formula is C13H16. The lowest BCUT2D eigenvalue weighted by Gasteiger charge is -2.17. The first-order valence-corrected chi connectivity index (χ1v) is 4.96. The van der Waals surface area contributed by atoms with E-state index in [2.05, 4.69) is 50.3 Å². The van der Waals surface area contributed by atoms with Gasteiger partial charge in [-0.25, -0.2) is 0 Å². The third kappa shape index (κ3) is 1.82. The average Bonchev–Trinajstić information content (AvgIpc) is 2.21. The molecule has 0 aliphatic heterocycles. The van der Waals surface area contributed by atoms with E-state index in [4.69, 9.17) is 0 Å². The Bertz CT molecular complexity index is 322. The van der Waals surface area contributed by atoms with E-state index in [1.165, 1.54) is 24.0 Å². The molecule has 0 nitrogen and oxygen atoms in total. The zero-order valence-corrected chi connectivity index (χ0v) is 8.38. The Morgan fingerprint density at radius 1 is 1.31 bits per heavy atom. The van der Waals surface area contributed by atoms with Gasteiger partial charge in [-0.05, 0) is 24.0 Å². The summed E-state index contributed by atoms with van der Waals surface area (Å²) in [6.07, 6.45) is 16.0. The Hall–Kier alpha value is -1.04. The first kappa shape index (κ1) is 8.55. The van der Waals surface area contributed by atoms with Crippen molar-refractivity contribution in [3.8, 4) is 0 Å². The number of hydrogen-bond acceptors (Lipinski definition) is 0. The van der Waals surface area contributed by atoms with E-state index in [-0.39, 0.29) is 5.41 Å². The number of allylic oxidation sites excluding steroid dienone is 8. The van der Waals surface area contributed by atoms with Crippen LogP contribution in [0.25, 0.3) is 0 Å². The van der Waals surface area contributed by atoms with Gasteiger partial charge >= 0.3 is 0 Å². The van der Waals surface area contributed by atoms with E-state index >= 15 is 0 Å². The summed E-state index contributed by atoms with van der Waals surface area (Å²) >= 11 is 0. The van der Waals surface area contributed by atoms with Crippen LogP contribution in [0.5, 0.6) is 0 Å². The lowest BCUT2D eigenvalue weighted by Crippen LogP contribution is -2.03. The lowest BCUT2D eigenvalue weighted by molar-refractivity contribution is 0.623. The quantitative estimate of drug-likeness (QED) is 0.521. The highest BCUT2D eigenvalue weighted by Crippen LogP contribution is 2.31. The molecule has 0 saturated heterocycles. The van der Waals surface area contributed by atoms with Gasteiger partial charge in [0, 0.05) is 5.41 Å². The van der Waals surface area contributed by atoms with Crippen LogP contribution in [0, 0.1) is 5.41 Å². The molecule has 13 heavy (non-hydrogen) atoms. The van der Waals surface area contributed by atoms with Crippen molar-refractivity contribution in [2.75, 3.05) is 0 Å². The van der Waals surface area contributed by atoms with Gasteiger partial charge in [-0.2, -0.15) is 0 Å². The fourth-order valence-corrected chi connectivity index (χ4v) is 1.88. The van der Waals surface area contributed by atoms with Gasteiger partial charge in [0.25, 0.3) is 0 Å². The molecule has 2 rings (SSSR count). The molecule has 0 aromatic rings. The highest BCUT2D eigenvalue weighted by molar-refractivity contribution is 5.47. The normalized spacial score (nSPS) is 24.5. The van der Waals surface area contributed by atoms with Crippen molar-refractivity contribution in [3.05, 3.63) is 47.6 Å². The highest BCUT2D eigenvalue weighted by atomic mass is 14.2. The van der Waals surface area contributed by atoms with Crippen molar-refractivity contribution < 1.29 is 0 Å². The minimum absolute atomic E-state index is 0.204. The Labute approximate surface area is 80.3 Å². The highest BCUT2D eigenvalue weighted by Gasteiger charge is 2.16. The molecule has 0 aromatic heterocycles. The van der Waals surface area contributed by atoms with Crippen LogP contribution in [0.2, 0.25) is 0 Å². The largest absolute Gasteiger partial charge is 0.0836 e. The van der Waals surface area contributed by atoms with Crippen LogP contribution in [0.1, 0.15) is 26.7 Å². The van der Waals surface area contributed by atoms with Crippen LogP contribution in [0.4, 0.5) is 0 Å². The standard InChI is InChI=1S/C13H16/c1-13(2)9-5-8-11-6-3-4-7-12(11)10-13/h4-5,7-10H,3,6H2,1-2H3. The predicted molar refractivity (Wildman–Crippen MR) is 57.5 cm³/mol. The second kappa shape index (κ2) is 3.02. The molecule has 0 radical (unpaired) electrons. The minimum atomic E-state index is 0.204. The molecule has 68 valence electrons. The predicted octanol–water partition coefficient (Wildman–Crippen LogP) is 3.79. The Kier molecular flexibility index (Phi) is 1.99. The zero-order chi connectivity index (χ0) is 9.31. The molecule has 0 spiro atoms. The van der Waals surface area contributed by atoms with Crippen molar-refractivity contribution in [1.29, 1.82) is 0 Å². The molecule has 0 atom stereocenters. The minimum Gasteiger partial charge on any atom is -0.0836 e. The van der Waals surface area contributed by atoms with E-state index in [1.807, 2.05) is 0 Å². The van der Waals surface area contributed by atoms with Gasteiger partial charge in [0.1, 0.15) is 0 Å². The van der Waals surface area contributed by atoms with Gasteiger partial charge in [0.05, 0.1) is 0 Å². The monoisotopic (exact) mass is 172 g/mol. The van der Waals surface area contributed by atoms with Gasteiger partial charge in [-0.3, -0.25) is 0 Å². The smallest absolute Gasteiger partial charge is 0.00166 e. The third-order valence-electron chi connectivity index (χ3n) is 2.60. The summed E-state index contributed by atoms with van der Waals surface area (Å²) in [7, 11) is 0. The summed E-state index contributed by atoms with van der Waals surface area (Å²) in [5, 5.41) is 0. The van der Waals surface area contributed by atoms with Gasteiger partial charge < -0.3 is 0 Å². The molecule has 0 N–H and O–H groups in total. The Morgan fingerprint density at radius 3 is 3.00 bits per heavy atom. The number of hydrogen-bond donors (Lipinski definition) is 0. The molecule has 0 heterocycles. The van der Waals surface area contributed by atoms with Crippen molar-refractivity contribution in [3.63, 3.8) is 0 Å². The second-order valence-corrected chi connectivity index (χ2v) is 4.41. The summed E-state index contributed by atoms with van der Waals surface area (Å²) in [5.41, 5.74) is 3.11. The fourth-order valence-electron chi connectivity index (χ4n) is 1.88. The Balaban J connectivity index is 2.44. The van der Waals surface area contributed by atoms with Gasteiger partial charge in [0.15, 0.2) is 0 Å². The molecule has 0 saturated carbocycles. The molecule has 2 aliphatic carbocycles. The number of rotatable bonds is 0. The van der Waals surface area contributed by atoms with Crippen LogP contribution in [-0.2, 0) is 0 Å². The molecule has 2 aliphatic rings. The Morgan fingerprint density at radius 2 is 2.15 bits per heavy atom. The molecule has 0 fully saturated rings.